The third kappa shape index (κ3) is 2.89. The molecule has 0 radical (unpaired) electrons. The molecule has 2 nitrogen and oxygen atoms in total. The summed E-state index contributed by atoms with van der Waals surface area (Å²) in [6, 6.07) is 6.95. The fourth-order valence-electron chi connectivity index (χ4n) is 1.58. The van der Waals surface area contributed by atoms with Crippen LogP contribution in [0.3, 0.4) is 0 Å². The molecule has 0 amide bonds. The molecular weight excluding hydrogens is 293 g/mol. The molecule has 18 heavy (non-hydrogen) atoms. The van der Waals surface area contributed by atoms with Gasteiger partial charge in [-0.3, -0.25) is 0 Å². The molecule has 5 heteroatoms. The van der Waals surface area contributed by atoms with Gasteiger partial charge < -0.3 is 4.74 Å². The van der Waals surface area contributed by atoms with Gasteiger partial charge in [-0.15, -0.1) is 0 Å². The summed E-state index contributed by atoms with van der Waals surface area (Å²) in [6.45, 7) is 2.48. The standard InChI is InChI=1S/C13H10Cl3NO/c1-2-18-12-4-3-8(7-17-12)13-10(15)5-9(14)6-11(13)16/h3-7H,2H2,1H3. The van der Waals surface area contributed by atoms with Gasteiger partial charge in [0.25, 0.3) is 0 Å². The van der Waals surface area contributed by atoms with E-state index in [9.17, 15) is 0 Å². The zero-order valence-electron chi connectivity index (χ0n) is 9.58. The van der Waals surface area contributed by atoms with Crippen LogP contribution in [0.4, 0.5) is 0 Å². The average molecular weight is 303 g/mol. The summed E-state index contributed by atoms with van der Waals surface area (Å²) in [5.41, 5.74) is 1.54. The van der Waals surface area contributed by atoms with Crippen LogP contribution in [0.1, 0.15) is 6.92 Å². The van der Waals surface area contributed by atoms with Crippen molar-refractivity contribution in [2.24, 2.45) is 0 Å². The van der Waals surface area contributed by atoms with Gasteiger partial charge >= 0.3 is 0 Å². The monoisotopic (exact) mass is 301 g/mol. The van der Waals surface area contributed by atoms with E-state index in [0.29, 0.717) is 27.6 Å². The summed E-state index contributed by atoms with van der Waals surface area (Å²) in [7, 11) is 0. The molecule has 1 aromatic carbocycles. The maximum atomic E-state index is 6.14. The van der Waals surface area contributed by atoms with E-state index >= 15 is 0 Å². The molecule has 0 spiro atoms. The molecule has 0 atom stereocenters. The second-order valence-corrected chi connectivity index (χ2v) is 4.81. The highest BCUT2D eigenvalue weighted by atomic mass is 35.5. The first-order valence-corrected chi connectivity index (χ1v) is 6.49. The maximum Gasteiger partial charge on any atom is 0.213 e. The predicted molar refractivity (Wildman–Crippen MR) is 75.9 cm³/mol. The number of hydrogen-bond acceptors (Lipinski definition) is 2. The normalized spacial score (nSPS) is 10.4. The number of aromatic nitrogens is 1. The van der Waals surface area contributed by atoms with Crippen LogP contribution in [0.5, 0.6) is 5.88 Å². The van der Waals surface area contributed by atoms with E-state index in [2.05, 4.69) is 4.98 Å². The summed E-state index contributed by atoms with van der Waals surface area (Å²) in [4.78, 5) is 4.18. The molecule has 1 aromatic heterocycles. The van der Waals surface area contributed by atoms with E-state index in [1.807, 2.05) is 13.0 Å². The first kappa shape index (κ1) is 13.5. The molecule has 0 fully saturated rings. The third-order valence-corrected chi connectivity index (χ3v) is 3.14. The van der Waals surface area contributed by atoms with Crippen LogP contribution in [-0.4, -0.2) is 11.6 Å². The summed E-state index contributed by atoms with van der Waals surface area (Å²) in [6.07, 6.45) is 1.67. The maximum absolute atomic E-state index is 6.14. The van der Waals surface area contributed by atoms with E-state index in [1.165, 1.54) is 0 Å². The molecule has 2 rings (SSSR count). The molecule has 0 aliphatic rings. The Morgan fingerprint density at radius 3 is 2.28 bits per heavy atom. The number of benzene rings is 1. The minimum Gasteiger partial charge on any atom is -0.478 e. The van der Waals surface area contributed by atoms with Gasteiger partial charge in [0.2, 0.25) is 5.88 Å². The Hall–Kier alpha value is -0.960. The Balaban J connectivity index is 2.42. The molecule has 0 unspecified atom stereocenters. The highest BCUT2D eigenvalue weighted by Crippen LogP contribution is 2.37. The minimum atomic E-state index is 0.499. The van der Waals surface area contributed by atoms with Crippen molar-refractivity contribution in [2.75, 3.05) is 6.61 Å². The second kappa shape index (κ2) is 5.79. The smallest absolute Gasteiger partial charge is 0.213 e. The first-order chi connectivity index (χ1) is 8.61. The Morgan fingerprint density at radius 2 is 1.78 bits per heavy atom. The zero-order valence-corrected chi connectivity index (χ0v) is 11.9. The van der Waals surface area contributed by atoms with Gasteiger partial charge in [-0.2, -0.15) is 0 Å². The van der Waals surface area contributed by atoms with Crippen LogP contribution < -0.4 is 4.74 Å². The zero-order chi connectivity index (χ0) is 13.1. The highest BCUT2D eigenvalue weighted by molar-refractivity contribution is 6.41. The van der Waals surface area contributed by atoms with Crippen molar-refractivity contribution in [3.05, 3.63) is 45.5 Å². The average Bonchev–Trinajstić information content (AvgIpc) is 2.30. The van der Waals surface area contributed by atoms with Gasteiger partial charge in [0.1, 0.15) is 0 Å². The third-order valence-electron chi connectivity index (χ3n) is 2.32. The topological polar surface area (TPSA) is 22.1 Å². The summed E-state index contributed by atoms with van der Waals surface area (Å²) >= 11 is 18.2. The number of halogens is 3. The lowest BCUT2D eigenvalue weighted by Gasteiger charge is -2.08. The van der Waals surface area contributed by atoms with Gasteiger partial charge in [0.05, 0.1) is 16.7 Å². The number of nitrogens with zero attached hydrogens (tertiary/aromatic N) is 1. The van der Waals surface area contributed by atoms with Crippen molar-refractivity contribution in [3.8, 4) is 17.0 Å². The lowest BCUT2D eigenvalue weighted by atomic mass is 10.1. The Morgan fingerprint density at radius 1 is 1.11 bits per heavy atom. The van der Waals surface area contributed by atoms with Crippen molar-refractivity contribution in [1.82, 2.24) is 4.98 Å². The van der Waals surface area contributed by atoms with Crippen LogP contribution in [0.15, 0.2) is 30.5 Å². The number of pyridine rings is 1. The first-order valence-electron chi connectivity index (χ1n) is 5.35. The van der Waals surface area contributed by atoms with E-state index in [4.69, 9.17) is 39.5 Å². The highest BCUT2D eigenvalue weighted by Gasteiger charge is 2.10. The summed E-state index contributed by atoms with van der Waals surface area (Å²) in [5.74, 6) is 0.572. The Kier molecular flexibility index (Phi) is 4.33. The van der Waals surface area contributed by atoms with Crippen LogP contribution in [-0.2, 0) is 0 Å². The van der Waals surface area contributed by atoms with E-state index < -0.39 is 0 Å². The Labute approximate surface area is 120 Å². The molecule has 0 aliphatic carbocycles. The van der Waals surface area contributed by atoms with Gasteiger partial charge in [-0.1, -0.05) is 34.8 Å². The van der Waals surface area contributed by atoms with E-state index in [0.717, 1.165) is 11.1 Å². The van der Waals surface area contributed by atoms with Crippen molar-refractivity contribution < 1.29 is 4.74 Å². The molecule has 0 bridgehead atoms. The number of ether oxygens (including phenoxy) is 1. The van der Waals surface area contributed by atoms with Crippen molar-refractivity contribution in [2.45, 2.75) is 6.92 Å². The van der Waals surface area contributed by atoms with Gasteiger partial charge in [-0.05, 0) is 25.1 Å². The molecule has 0 saturated carbocycles. The fourth-order valence-corrected chi connectivity index (χ4v) is 2.61. The largest absolute Gasteiger partial charge is 0.478 e. The van der Waals surface area contributed by atoms with Crippen LogP contribution in [0.2, 0.25) is 15.1 Å². The number of rotatable bonds is 3. The molecule has 94 valence electrons. The minimum absolute atomic E-state index is 0.499. The van der Waals surface area contributed by atoms with Gasteiger partial charge in [0.15, 0.2) is 0 Å². The van der Waals surface area contributed by atoms with E-state index in [1.54, 1.807) is 24.4 Å². The van der Waals surface area contributed by atoms with Gasteiger partial charge in [-0.25, -0.2) is 4.98 Å². The molecule has 2 aromatic rings. The lowest BCUT2D eigenvalue weighted by Crippen LogP contribution is -1.94. The SMILES string of the molecule is CCOc1ccc(-c2c(Cl)cc(Cl)cc2Cl)cn1. The van der Waals surface area contributed by atoms with Crippen molar-refractivity contribution in [3.63, 3.8) is 0 Å². The van der Waals surface area contributed by atoms with Crippen LogP contribution >= 0.6 is 34.8 Å². The van der Waals surface area contributed by atoms with Gasteiger partial charge in [0, 0.05) is 28.4 Å². The molecule has 0 N–H and O–H groups in total. The molecular formula is C13H10Cl3NO. The lowest BCUT2D eigenvalue weighted by molar-refractivity contribution is 0.327. The summed E-state index contributed by atoms with van der Waals surface area (Å²) < 4.78 is 5.28. The number of hydrogen-bond donors (Lipinski definition) is 0. The fraction of sp³-hybridized carbons (Fsp3) is 0.154. The predicted octanol–water partition coefficient (Wildman–Crippen LogP) is 5.11. The van der Waals surface area contributed by atoms with E-state index in [-0.39, 0.29) is 0 Å². The van der Waals surface area contributed by atoms with Crippen LogP contribution in [0, 0.1) is 0 Å². The summed E-state index contributed by atoms with van der Waals surface area (Å²) in [5, 5.41) is 1.50. The molecule has 0 saturated heterocycles. The molecule has 0 aliphatic heterocycles. The Bertz CT molecular complexity index is 532. The second-order valence-electron chi connectivity index (χ2n) is 3.56. The molecule has 1 heterocycles. The van der Waals surface area contributed by atoms with Crippen molar-refractivity contribution >= 4 is 34.8 Å². The quantitative estimate of drug-likeness (QED) is 0.786. The van der Waals surface area contributed by atoms with Crippen molar-refractivity contribution in [1.29, 1.82) is 0 Å². The van der Waals surface area contributed by atoms with Crippen LogP contribution in [0.25, 0.3) is 11.1 Å².